The van der Waals surface area contributed by atoms with Crippen molar-refractivity contribution < 1.29 is 14.3 Å². The Morgan fingerprint density at radius 1 is 1.03 bits per heavy atom. The molecule has 0 fully saturated rings. The molecule has 0 aliphatic carbocycles. The van der Waals surface area contributed by atoms with Crippen molar-refractivity contribution in [3.8, 4) is 17.2 Å². The molecule has 0 bridgehead atoms. The van der Waals surface area contributed by atoms with Crippen LogP contribution >= 0.6 is 11.3 Å². The number of fused-ring (bicyclic) bond motifs is 2. The Morgan fingerprint density at radius 3 is 2.66 bits per heavy atom. The lowest BCUT2D eigenvalue weighted by Gasteiger charge is -2.13. The fraction of sp³-hybridized carbons (Fsp3) is 0.174. The van der Waals surface area contributed by atoms with Crippen LogP contribution in [0.5, 0.6) is 11.5 Å². The molecular weight excluding hydrogens is 430 g/mol. The van der Waals surface area contributed by atoms with E-state index < -0.39 is 17.2 Å². The number of benzene rings is 2. The summed E-state index contributed by atoms with van der Waals surface area (Å²) in [4.78, 5) is 39.2. The standard InChI is InChI=1S/C23H19N3O5S/c1-13-3-5-16(9-14(13)2)26-22(28)21-17(7-8-32-21)25(23(26)29)11-20(27)24-15-4-6-18-19(10-15)31-12-30-18/h3-10H,11-12H2,1-2H3,(H,24,27). The highest BCUT2D eigenvalue weighted by Gasteiger charge is 2.19. The monoisotopic (exact) mass is 449 g/mol. The van der Waals surface area contributed by atoms with Gasteiger partial charge >= 0.3 is 5.69 Å². The van der Waals surface area contributed by atoms with E-state index in [-0.39, 0.29) is 13.3 Å². The van der Waals surface area contributed by atoms with Gasteiger partial charge in [-0.3, -0.25) is 14.2 Å². The molecule has 2 aromatic heterocycles. The van der Waals surface area contributed by atoms with Crippen LogP contribution in [-0.2, 0) is 11.3 Å². The van der Waals surface area contributed by atoms with Gasteiger partial charge in [0.1, 0.15) is 11.2 Å². The van der Waals surface area contributed by atoms with Crippen LogP contribution in [-0.4, -0.2) is 21.8 Å². The lowest BCUT2D eigenvalue weighted by atomic mass is 10.1. The number of thiophene rings is 1. The highest BCUT2D eigenvalue weighted by Crippen LogP contribution is 2.34. The van der Waals surface area contributed by atoms with Crippen molar-refractivity contribution in [1.82, 2.24) is 9.13 Å². The van der Waals surface area contributed by atoms with E-state index >= 15 is 0 Å². The second-order valence-corrected chi connectivity index (χ2v) is 8.45. The van der Waals surface area contributed by atoms with Gasteiger partial charge < -0.3 is 14.8 Å². The Labute approximate surface area is 186 Å². The van der Waals surface area contributed by atoms with Crippen molar-refractivity contribution in [2.24, 2.45) is 0 Å². The van der Waals surface area contributed by atoms with E-state index in [9.17, 15) is 14.4 Å². The van der Waals surface area contributed by atoms with E-state index in [1.807, 2.05) is 19.9 Å². The van der Waals surface area contributed by atoms with Crippen LogP contribution in [0.4, 0.5) is 5.69 Å². The Kier molecular flexibility index (Phi) is 4.82. The number of nitrogens with one attached hydrogen (secondary N) is 1. The lowest BCUT2D eigenvalue weighted by Crippen LogP contribution is -2.40. The summed E-state index contributed by atoms with van der Waals surface area (Å²) in [5.41, 5.74) is 2.50. The van der Waals surface area contributed by atoms with Gasteiger partial charge in [-0.05, 0) is 60.7 Å². The Balaban J connectivity index is 1.54. The van der Waals surface area contributed by atoms with E-state index in [0.29, 0.717) is 33.1 Å². The minimum atomic E-state index is -0.565. The zero-order valence-corrected chi connectivity index (χ0v) is 18.2. The normalized spacial score (nSPS) is 12.3. The minimum Gasteiger partial charge on any atom is -0.454 e. The van der Waals surface area contributed by atoms with Crippen molar-refractivity contribution >= 4 is 33.1 Å². The number of aromatic nitrogens is 2. The third-order valence-corrected chi connectivity index (χ3v) is 6.35. The molecule has 1 N–H and O–H groups in total. The molecule has 0 unspecified atom stereocenters. The van der Waals surface area contributed by atoms with Crippen LogP contribution in [0.15, 0.2) is 57.4 Å². The second-order valence-electron chi connectivity index (χ2n) is 7.53. The molecule has 3 heterocycles. The summed E-state index contributed by atoms with van der Waals surface area (Å²) in [5, 5.41) is 4.52. The predicted molar refractivity (Wildman–Crippen MR) is 122 cm³/mol. The average molecular weight is 449 g/mol. The van der Waals surface area contributed by atoms with E-state index in [0.717, 1.165) is 15.7 Å². The molecule has 1 aliphatic heterocycles. The number of ether oxygens (including phenoxy) is 2. The largest absolute Gasteiger partial charge is 0.454 e. The Hall–Kier alpha value is -3.85. The van der Waals surface area contributed by atoms with Crippen LogP contribution in [0.1, 0.15) is 11.1 Å². The maximum atomic E-state index is 13.4. The quantitative estimate of drug-likeness (QED) is 0.517. The van der Waals surface area contributed by atoms with E-state index in [1.54, 1.807) is 41.8 Å². The summed E-state index contributed by atoms with van der Waals surface area (Å²) < 4.78 is 13.5. The molecular formula is C23H19N3O5S. The zero-order valence-electron chi connectivity index (χ0n) is 17.4. The fourth-order valence-corrected chi connectivity index (χ4v) is 4.47. The molecule has 5 rings (SSSR count). The SMILES string of the molecule is Cc1ccc(-n2c(=O)c3sccc3n(CC(=O)Nc3ccc4c(c3)OCO4)c2=O)cc1C. The van der Waals surface area contributed by atoms with Crippen molar-refractivity contribution in [2.75, 3.05) is 12.1 Å². The first-order valence-electron chi connectivity index (χ1n) is 9.92. The summed E-state index contributed by atoms with van der Waals surface area (Å²) in [6.45, 7) is 3.78. The molecule has 4 aromatic rings. The van der Waals surface area contributed by atoms with Gasteiger partial charge in [0.25, 0.3) is 5.56 Å². The van der Waals surface area contributed by atoms with Gasteiger partial charge in [0.2, 0.25) is 12.7 Å². The van der Waals surface area contributed by atoms with E-state index in [1.165, 1.54) is 15.9 Å². The average Bonchev–Trinajstić information content (AvgIpc) is 3.43. The molecule has 8 nitrogen and oxygen atoms in total. The summed E-state index contributed by atoms with van der Waals surface area (Å²) in [5.74, 6) is 0.756. The highest BCUT2D eigenvalue weighted by molar-refractivity contribution is 7.17. The van der Waals surface area contributed by atoms with Crippen molar-refractivity contribution in [2.45, 2.75) is 20.4 Å². The van der Waals surface area contributed by atoms with Crippen LogP contribution in [0.2, 0.25) is 0 Å². The first-order chi connectivity index (χ1) is 15.4. The van der Waals surface area contributed by atoms with E-state index in [2.05, 4.69) is 5.32 Å². The zero-order chi connectivity index (χ0) is 22.4. The molecule has 0 radical (unpaired) electrons. The second kappa shape index (κ2) is 7.69. The predicted octanol–water partition coefficient (Wildman–Crippen LogP) is 3.20. The van der Waals surface area contributed by atoms with Crippen molar-refractivity contribution in [3.05, 3.63) is 79.8 Å². The minimum absolute atomic E-state index is 0.137. The molecule has 1 amide bonds. The van der Waals surface area contributed by atoms with Crippen molar-refractivity contribution in [1.29, 1.82) is 0 Å². The van der Waals surface area contributed by atoms with Crippen LogP contribution in [0.25, 0.3) is 15.9 Å². The number of hydrogen-bond acceptors (Lipinski definition) is 6. The summed E-state index contributed by atoms with van der Waals surface area (Å²) in [6.07, 6.45) is 0. The number of hydrogen-bond donors (Lipinski definition) is 1. The van der Waals surface area contributed by atoms with Crippen LogP contribution < -0.4 is 26.0 Å². The first kappa shape index (κ1) is 20.1. The van der Waals surface area contributed by atoms with Gasteiger partial charge in [0, 0.05) is 11.8 Å². The number of carbonyl (C=O) groups is 1. The topological polar surface area (TPSA) is 91.6 Å². The maximum Gasteiger partial charge on any atom is 0.336 e. The molecule has 1 aliphatic rings. The molecule has 2 aromatic carbocycles. The van der Waals surface area contributed by atoms with Gasteiger partial charge in [0.15, 0.2) is 11.5 Å². The van der Waals surface area contributed by atoms with Gasteiger partial charge in [-0.25, -0.2) is 9.36 Å². The number of anilines is 1. The molecule has 162 valence electrons. The number of carbonyl (C=O) groups excluding carboxylic acids is 1. The van der Waals surface area contributed by atoms with Gasteiger partial charge in [-0.2, -0.15) is 0 Å². The van der Waals surface area contributed by atoms with Crippen molar-refractivity contribution in [3.63, 3.8) is 0 Å². The van der Waals surface area contributed by atoms with Gasteiger partial charge in [0.05, 0.1) is 11.2 Å². The lowest BCUT2D eigenvalue weighted by molar-refractivity contribution is -0.116. The summed E-state index contributed by atoms with van der Waals surface area (Å²) in [7, 11) is 0. The van der Waals surface area contributed by atoms with Crippen LogP contribution in [0.3, 0.4) is 0 Å². The van der Waals surface area contributed by atoms with Gasteiger partial charge in [-0.15, -0.1) is 11.3 Å². The number of aryl methyl sites for hydroxylation is 2. The summed E-state index contributed by atoms with van der Waals surface area (Å²) >= 11 is 1.24. The smallest absolute Gasteiger partial charge is 0.336 e. The molecule has 0 atom stereocenters. The summed E-state index contributed by atoms with van der Waals surface area (Å²) in [6, 6.07) is 12.2. The van der Waals surface area contributed by atoms with Gasteiger partial charge in [-0.1, -0.05) is 6.07 Å². The third-order valence-electron chi connectivity index (χ3n) is 5.46. The van der Waals surface area contributed by atoms with E-state index in [4.69, 9.17) is 9.47 Å². The van der Waals surface area contributed by atoms with Crippen LogP contribution in [0, 0.1) is 13.8 Å². The number of amides is 1. The molecule has 0 spiro atoms. The molecule has 32 heavy (non-hydrogen) atoms. The first-order valence-corrected chi connectivity index (χ1v) is 10.8. The Morgan fingerprint density at radius 2 is 1.84 bits per heavy atom. The maximum absolute atomic E-state index is 13.4. The third kappa shape index (κ3) is 3.36. The number of nitrogens with zero attached hydrogens (tertiary/aromatic N) is 2. The highest BCUT2D eigenvalue weighted by atomic mass is 32.1. The molecule has 9 heteroatoms. The molecule has 0 saturated carbocycles. The fourth-order valence-electron chi connectivity index (χ4n) is 3.65. The number of rotatable bonds is 4. The molecule has 0 saturated heterocycles. The Bertz CT molecular complexity index is 1500.